The van der Waals surface area contributed by atoms with Crippen molar-refractivity contribution in [3.05, 3.63) is 54.5 Å². The van der Waals surface area contributed by atoms with Crippen molar-refractivity contribution in [1.82, 2.24) is 19.8 Å². The van der Waals surface area contributed by atoms with Gasteiger partial charge in [-0.1, -0.05) is 77.1 Å². The number of hydrogen-bond donors (Lipinski definition) is 1. The summed E-state index contributed by atoms with van der Waals surface area (Å²) in [7, 11) is 4.24. The molecule has 0 spiro atoms. The number of fused-ring (bicyclic) bond motifs is 7. The van der Waals surface area contributed by atoms with Crippen LogP contribution in [-0.2, 0) is 26.4 Å². The Hall–Kier alpha value is -2.93. The van der Waals surface area contributed by atoms with E-state index in [1.54, 1.807) is 6.92 Å². The van der Waals surface area contributed by atoms with Gasteiger partial charge >= 0.3 is 5.97 Å². The maximum Gasteiger partial charge on any atom is 0.302 e. The number of ether oxygens (including phenoxy) is 1. The molecule has 6 saturated carbocycles. The Bertz CT molecular complexity index is 1830. The molecule has 1 aromatic carbocycles. The summed E-state index contributed by atoms with van der Waals surface area (Å²) in [4.78, 5) is 35.1. The third kappa shape index (κ3) is 5.84. The summed E-state index contributed by atoms with van der Waals surface area (Å²) in [5.74, 6) is 3.50. The number of likely N-dealkylation sites (N-methyl/N-ethyl adjacent to an activating group) is 1. The summed E-state index contributed by atoms with van der Waals surface area (Å²) in [6.45, 7) is 22.9. The number of aromatic nitrogens is 2. The third-order valence-electron chi connectivity index (χ3n) is 17.9. The highest BCUT2D eigenvalue weighted by molar-refractivity contribution is 5.85. The van der Waals surface area contributed by atoms with Crippen LogP contribution < -0.4 is 5.32 Å². The SMILES string of the molecule is C=C(C)[C@@H]1CC[C@]2(C(=O)NC3(c4nc(-c5ccccc5)cn4CCN(C)C)CC3)CC[C@]3(C)[C@H](CC[C@@H]4[C@@]5(C)CC[C@H](OC(C)=O)C(C)(C)[C@@H]5CC[C@]43C)[C@@H]12. The van der Waals surface area contributed by atoms with Crippen LogP contribution in [0, 0.1) is 56.7 Å². The second-order valence-corrected chi connectivity index (χ2v) is 21.1. The fourth-order valence-corrected chi connectivity index (χ4v) is 14.8. The lowest BCUT2D eigenvalue weighted by Crippen LogP contribution is -2.67. The first-order valence-corrected chi connectivity index (χ1v) is 21.8. The highest BCUT2D eigenvalue weighted by atomic mass is 16.5. The van der Waals surface area contributed by atoms with Crippen molar-refractivity contribution in [1.29, 1.82) is 0 Å². The van der Waals surface area contributed by atoms with Crippen LogP contribution in [0.3, 0.4) is 0 Å². The number of imidazole rings is 1. The molecular weight excluding hydrogens is 681 g/mol. The number of esters is 1. The predicted molar refractivity (Wildman–Crippen MR) is 220 cm³/mol. The van der Waals surface area contributed by atoms with Crippen LogP contribution in [0.15, 0.2) is 48.7 Å². The van der Waals surface area contributed by atoms with Crippen LogP contribution in [-0.4, -0.2) is 53.1 Å². The first kappa shape index (κ1) is 38.9. The molecule has 8 rings (SSSR count). The Balaban J connectivity index is 1.10. The number of carbonyl (C=O) groups excluding carboxylic acids is 2. The van der Waals surface area contributed by atoms with E-state index in [2.05, 4.69) is 114 Å². The van der Waals surface area contributed by atoms with E-state index in [4.69, 9.17) is 9.72 Å². The lowest BCUT2D eigenvalue weighted by molar-refractivity contribution is -0.249. The number of rotatable bonds is 9. The van der Waals surface area contributed by atoms with Crippen molar-refractivity contribution in [3.8, 4) is 11.3 Å². The van der Waals surface area contributed by atoms with Crippen molar-refractivity contribution in [2.24, 2.45) is 56.7 Å². The molecule has 1 heterocycles. The van der Waals surface area contributed by atoms with Gasteiger partial charge in [0.25, 0.3) is 0 Å². The molecule has 0 aliphatic heterocycles. The van der Waals surface area contributed by atoms with Gasteiger partial charge in [-0.25, -0.2) is 4.98 Å². The van der Waals surface area contributed by atoms with E-state index < -0.39 is 5.54 Å². The van der Waals surface area contributed by atoms with Gasteiger partial charge in [0.15, 0.2) is 0 Å². The quantitative estimate of drug-likeness (QED) is 0.204. The van der Waals surface area contributed by atoms with E-state index in [1.165, 1.54) is 31.3 Å². The third-order valence-corrected chi connectivity index (χ3v) is 17.9. The van der Waals surface area contributed by atoms with Gasteiger partial charge in [-0.2, -0.15) is 0 Å². The normalized spacial score (nSPS) is 39.6. The minimum Gasteiger partial charge on any atom is -0.462 e. The second kappa shape index (κ2) is 13.3. The lowest BCUT2D eigenvalue weighted by atomic mass is 9.32. The molecule has 0 radical (unpaired) electrons. The van der Waals surface area contributed by atoms with E-state index in [0.29, 0.717) is 29.6 Å². The average Bonchev–Trinajstić information content (AvgIpc) is 3.57. The van der Waals surface area contributed by atoms with Gasteiger partial charge in [0.1, 0.15) is 11.9 Å². The molecule has 10 atom stereocenters. The molecule has 6 aliphatic rings. The monoisotopic (exact) mass is 751 g/mol. The maximum atomic E-state index is 15.4. The summed E-state index contributed by atoms with van der Waals surface area (Å²) >= 11 is 0. The summed E-state index contributed by atoms with van der Waals surface area (Å²) in [6, 6.07) is 10.5. The highest BCUT2D eigenvalue weighted by Gasteiger charge is 2.72. The summed E-state index contributed by atoms with van der Waals surface area (Å²) in [5.41, 5.74) is 3.10. The number of carbonyl (C=O) groups is 2. The van der Waals surface area contributed by atoms with Crippen molar-refractivity contribution in [2.75, 3.05) is 20.6 Å². The standard InChI is InChI=1S/C48H70N4O3/c1-31(2)34-18-23-47(42(54)50-48(26-27-48)41-49-36(33-14-12-11-13-15-33)30-52(41)29-28-51(9)10)25-24-45(7)35(40(34)47)16-17-38-44(6)21-20-39(55-32(3)53)43(4,5)37(44)19-22-46(38,45)8/h11-15,30,34-35,37-40H,1,16-29H2,2-10H3,(H,50,54)/t34-,35+,37-,38+,39-,40+,44-,45+,46+,47-/m0/s1. The molecule has 1 N–H and O–H groups in total. The van der Waals surface area contributed by atoms with Gasteiger partial charge in [0.05, 0.1) is 16.6 Å². The molecule has 300 valence electrons. The minimum absolute atomic E-state index is 0.00583. The zero-order valence-corrected chi connectivity index (χ0v) is 35.6. The van der Waals surface area contributed by atoms with Crippen molar-refractivity contribution in [3.63, 3.8) is 0 Å². The van der Waals surface area contributed by atoms with Crippen LogP contribution in [0.25, 0.3) is 11.3 Å². The van der Waals surface area contributed by atoms with Crippen molar-refractivity contribution >= 4 is 11.9 Å². The van der Waals surface area contributed by atoms with Crippen LogP contribution in [0.5, 0.6) is 0 Å². The molecule has 6 aliphatic carbocycles. The number of hydrogen-bond acceptors (Lipinski definition) is 5. The van der Waals surface area contributed by atoms with Crippen molar-refractivity contribution in [2.45, 2.75) is 144 Å². The molecule has 0 bridgehead atoms. The Labute approximate surface area is 331 Å². The molecule has 0 unspecified atom stereocenters. The second-order valence-electron chi connectivity index (χ2n) is 21.1. The summed E-state index contributed by atoms with van der Waals surface area (Å²) < 4.78 is 8.33. The van der Waals surface area contributed by atoms with Crippen LogP contribution in [0.2, 0.25) is 0 Å². The Kier molecular flexibility index (Phi) is 9.42. The fourth-order valence-electron chi connectivity index (χ4n) is 14.8. The zero-order valence-electron chi connectivity index (χ0n) is 35.6. The van der Waals surface area contributed by atoms with E-state index >= 15 is 4.79 Å². The van der Waals surface area contributed by atoms with Gasteiger partial charge < -0.3 is 19.5 Å². The molecule has 1 aromatic heterocycles. The lowest BCUT2D eigenvalue weighted by Gasteiger charge is -2.72. The molecular formula is C48H70N4O3. The minimum atomic E-state index is -0.411. The van der Waals surface area contributed by atoms with Crippen LogP contribution >= 0.6 is 0 Å². The van der Waals surface area contributed by atoms with Crippen molar-refractivity contribution < 1.29 is 14.3 Å². The Morgan fingerprint density at radius 3 is 2.25 bits per heavy atom. The molecule has 1 amide bonds. The molecule has 55 heavy (non-hydrogen) atoms. The fraction of sp³-hybridized carbons (Fsp3) is 0.729. The topological polar surface area (TPSA) is 76.5 Å². The molecule has 7 heteroatoms. The van der Waals surface area contributed by atoms with Gasteiger partial charge in [-0.05, 0) is 144 Å². The Morgan fingerprint density at radius 1 is 0.873 bits per heavy atom. The van der Waals surface area contributed by atoms with Crippen LogP contribution in [0.4, 0.5) is 0 Å². The van der Waals surface area contributed by atoms with Gasteiger partial charge in [0.2, 0.25) is 5.91 Å². The number of nitrogens with zero attached hydrogens (tertiary/aromatic N) is 3. The predicted octanol–water partition coefficient (Wildman–Crippen LogP) is 9.81. The number of nitrogens with one attached hydrogen (secondary N) is 1. The van der Waals surface area contributed by atoms with E-state index in [0.717, 1.165) is 81.5 Å². The Morgan fingerprint density at radius 2 is 1.60 bits per heavy atom. The average molecular weight is 751 g/mol. The van der Waals surface area contributed by atoms with Gasteiger partial charge in [0, 0.05) is 37.2 Å². The smallest absolute Gasteiger partial charge is 0.302 e. The first-order chi connectivity index (χ1) is 25.9. The van der Waals surface area contributed by atoms with Crippen LogP contribution in [0.1, 0.15) is 131 Å². The maximum absolute atomic E-state index is 15.4. The molecule has 2 aromatic rings. The highest BCUT2D eigenvalue weighted by Crippen LogP contribution is 2.77. The zero-order chi connectivity index (χ0) is 39.3. The van der Waals surface area contributed by atoms with E-state index in [9.17, 15) is 4.79 Å². The largest absolute Gasteiger partial charge is 0.462 e. The number of benzene rings is 1. The van der Waals surface area contributed by atoms with Gasteiger partial charge in [-0.3, -0.25) is 9.59 Å². The van der Waals surface area contributed by atoms with E-state index in [-0.39, 0.29) is 45.1 Å². The first-order valence-electron chi connectivity index (χ1n) is 21.8. The summed E-state index contributed by atoms with van der Waals surface area (Å²) in [5, 5.41) is 3.81. The molecule has 6 fully saturated rings. The van der Waals surface area contributed by atoms with Gasteiger partial charge in [-0.15, -0.1) is 0 Å². The number of amides is 1. The molecule has 0 saturated heterocycles. The molecule has 7 nitrogen and oxygen atoms in total. The van der Waals surface area contributed by atoms with E-state index in [1.807, 2.05) is 0 Å². The summed E-state index contributed by atoms with van der Waals surface area (Å²) in [6.07, 6.45) is 15.1. The number of allylic oxidation sites excluding steroid dienone is 1.